The molecule has 0 fully saturated rings. The Balaban J connectivity index is 1.03. The first-order valence-corrected chi connectivity index (χ1v) is 18.2. The van der Waals surface area contributed by atoms with Crippen molar-refractivity contribution < 1.29 is 0 Å². The van der Waals surface area contributed by atoms with Gasteiger partial charge in [-0.25, -0.2) is 4.98 Å². The summed E-state index contributed by atoms with van der Waals surface area (Å²) in [5, 5.41) is 10.1. The molecule has 1 aliphatic rings. The highest BCUT2D eigenvalue weighted by Crippen LogP contribution is 2.51. The molecule has 0 aliphatic carbocycles. The predicted octanol–water partition coefficient (Wildman–Crippen LogP) is 14.1. The minimum absolute atomic E-state index is 0.989. The Morgan fingerprint density at radius 1 is 0.340 bits per heavy atom. The van der Waals surface area contributed by atoms with Crippen LogP contribution in [0.25, 0.3) is 87.9 Å². The molecule has 246 valence electrons. The van der Waals surface area contributed by atoms with Gasteiger partial charge < -0.3 is 4.90 Å². The zero-order chi connectivity index (χ0) is 34.9. The highest BCUT2D eigenvalue weighted by Gasteiger charge is 2.27. The number of para-hydroxylation sites is 1. The summed E-state index contributed by atoms with van der Waals surface area (Å²) in [5.41, 5.74) is 12.5. The Kier molecular flexibility index (Phi) is 6.59. The van der Waals surface area contributed by atoms with E-state index >= 15 is 0 Å². The molecule has 2 heterocycles. The average Bonchev–Trinajstić information content (AvgIpc) is 3.24. The van der Waals surface area contributed by atoms with Gasteiger partial charge in [-0.3, -0.25) is 0 Å². The normalized spacial score (nSPS) is 12.1. The molecule has 1 aromatic heterocycles. The third-order valence-corrected chi connectivity index (χ3v) is 10.9. The van der Waals surface area contributed by atoms with Gasteiger partial charge in [0.2, 0.25) is 0 Å². The van der Waals surface area contributed by atoms with Crippen molar-refractivity contribution in [2.45, 2.75) is 0 Å². The molecule has 0 saturated heterocycles. The van der Waals surface area contributed by atoms with Crippen LogP contribution in [0.4, 0.5) is 17.1 Å². The second kappa shape index (κ2) is 11.8. The first-order valence-electron chi connectivity index (χ1n) is 18.2. The standard InChI is InChI=1S/C51H32N2/c1-2-13-33(14-3-1)47-32-38-18-12-26-49-50(38)51(52-47)45-24-8-9-25-48(45)53(49)39-19-11-17-36(30-39)34-15-10-16-35(29-34)37-27-28-44-42-22-5-4-20-40(42)41-21-6-7-23-43(41)46(44)31-37/h1-32H. The lowest BCUT2D eigenvalue weighted by atomic mass is 9.91. The predicted molar refractivity (Wildman–Crippen MR) is 224 cm³/mol. The summed E-state index contributed by atoms with van der Waals surface area (Å²) < 4.78 is 0. The van der Waals surface area contributed by atoms with Gasteiger partial charge in [-0.05, 0) is 102 Å². The third kappa shape index (κ3) is 4.70. The summed E-state index contributed by atoms with van der Waals surface area (Å²) in [6.07, 6.45) is 0. The Morgan fingerprint density at radius 2 is 0.887 bits per heavy atom. The van der Waals surface area contributed by atoms with E-state index in [2.05, 4.69) is 199 Å². The lowest BCUT2D eigenvalue weighted by Crippen LogP contribution is -2.15. The molecule has 53 heavy (non-hydrogen) atoms. The number of aromatic nitrogens is 1. The lowest BCUT2D eigenvalue weighted by molar-refractivity contribution is 1.25. The Bertz CT molecular complexity index is 3030. The van der Waals surface area contributed by atoms with E-state index in [0.717, 1.165) is 39.6 Å². The van der Waals surface area contributed by atoms with E-state index in [1.54, 1.807) is 0 Å². The van der Waals surface area contributed by atoms with Gasteiger partial charge in [-0.1, -0.05) is 152 Å². The van der Waals surface area contributed by atoms with Crippen LogP contribution in [0.1, 0.15) is 0 Å². The minimum atomic E-state index is 0.989. The highest BCUT2D eigenvalue weighted by atomic mass is 15.2. The number of anilines is 3. The van der Waals surface area contributed by atoms with Crippen LogP contribution in [-0.2, 0) is 0 Å². The summed E-state index contributed by atoms with van der Waals surface area (Å²) in [6, 6.07) is 70.4. The molecule has 9 aromatic carbocycles. The second-order valence-electron chi connectivity index (χ2n) is 13.9. The van der Waals surface area contributed by atoms with Crippen molar-refractivity contribution in [3.05, 3.63) is 194 Å². The maximum Gasteiger partial charge on any atom is 0.0830 e. The monoisotopic (exact) mass is 672 g/mol. The van der Waals surface area contributed by atoms with Crippen LogP contribution in [0.15, 0.2) is 194 Å². The van der Waals surface area contributed by atoms with E-state index in [9.17, 15) is 0 Å². The van der Waals surface area contributed by atoms with E-state index in [1.807, 2.05) is 0 Å². The molecule has 0 bridgehead atoms. The van der Waals surface area contributed by atoms with Gasteiger partial charge in [0, 0.05) is 22.2 Å². The van der Waals surface area contributed by atoms with E-state index in [-0.39, 0.29) is 0 Å². The fourth-order valence-electron chi connectivity index (χ4n) is 8.50. The molecule has 1 aliphatic heterocycles. The molecular formula is C51H32N2. The molecule has 0 atom stereocenters. The van der Waals surface area contributed by atoms with E-state index in [0.29, 0.717) is 0 Å². The fourth-order valence-corrected chi connectivity index (χ4v) is 8.50. The van der Waals surface area contributed by atoms with E-state index in [1.165, 1.54) is 65.3 Å². The van der Waals surface area contributed by atoms with Crippen molar-refractivity contribution in [3.8, 4) is 44.8 Å². The van der Waals surface area contributed by atoms with Crippen molar-refractivity contribution in [2.75, 3.05) is 4.90 Å². The number of hydrogen-bond acceptors (Lipinski definition) is 2. The number of hydrogen-bond donors (Lipinski definition) is 0. The largest absolute Gasteiger partial charge is 0.309 e. The molecule has 0 unspecified atom stereocenters. The number of pyridine rings is 1. The lowest BCUT2D eigenvalue weighted by Gasteiger charge is -2.33. The molecular weight excluding hydrogens is 641 g/mol. The summed E-state index contributed by atoms with van der Waals surface area (Å²) in [4.78, 5) is 7.70. The quantitative estimate of drug-likeness (QED) is 0.173. The van der Waals surface area contributed by atoms with Crippen molar-refractivity contribution in [3.63, 3.8) is 0 Å². The second-order valence-corrected chi connectivity index (χ2v) is 13.9. The van der Waals surface area contributed by atoms with Crippen molar-refractivity contribution in [2.24, 2.45) is 0 Å². The van der Waals surface area contributed by atoms with Crippen LogP contribution in [0.2, 0.25) is 0 Å². The number of rotatable bonds is 4. The number of fused-ring (bicyclic) bond motifs is 8. The molecule has 0 saturated carbocycles. The molecule has 0 spiro atoms. The van der Waals surface area contributed by atoms with Gasteiger partial charge in [0.05, 0.1) is 22.8 Å². The molecule has 2 nitrogen and oxygen atoms in total. The summed E-state index contributed by atoms with van der Waals surface area (Å²) in [5.74, 6) is 0. The Hall–Kier alpha value is -7.03. The van der Waals surface area contributed by atoms with Crippen molar-refractivity contribution in [1.82, 2.24) is 4.98 Å². The molecule has 11 rings (SSSR count). The number of benzene rings is 9. The van der Waals surface area contributed by atoms with Crippen LogP contribution >= 0.6 is 0 Å². The van der Waals surface area contributed by atoms with E-state index < -0.39 is 0 Å². The zero-order valence-corrected chi connectivity index (χ0v) is 28.9. The van der Waals surface area contributed by atoms with Crippen molar-refractivity contribution >= 4 is 60.2 Å². The van der Waals surface area contributed by atoms with Gasteiger partial charge in [0.1, 0.15) is 0 Å². The van der Waals surface area contributed by atoms with Crippen LogP contribution in [-0.4, -0.2) is 4.98 Å². The number of nitrogens with zero attached hydrogens (tertiary/aromatic N) is 2. The van der Waals surface area contributed by atoms with Gasteiger partial charge in [0.15, 0.2) is 0 Å². The first kappa shape index (κ1) is 29.7. The minimum Gasteiger partial charge on any atom is -0.309 e. The van der Waals surface area contributed by atoms with Crippen LogP contribution in [0.3, 0.4) is 0 Å². The van der Waals surface area contributed by atoms with Crippen LogP contribution in [0, 0.1) is 0 Å². The van der Waals surface area contributed by atoms with Crippen molar-refractivity contribution in [1.29, 1.82) is 0 Å². The molecule has 0 amide bonds. The van der Waals surface area contributed by atoms with Gasteiger partial charge >= 0.3 is 0 Å². The average molecular weight is 673 g/mol. The highest BCUT2D eigenvalue weighted by molar-refractivity contribution is 6.25. The fraction of sp³-hybridized carbons (Fsp3) is 0. The topological polar surface area (TPSA) is 16.1 Å². The van der Waals surface area contributed by atoms with Gasteiger partial charge in [-0.2, -0.15) is 0 Å². The zero-order valence-electron chi connectivity index (χ0n) is 28.9. The smallest absolute Gasteiger partial charge is 0.0830 e. The van der Waals surface area contributed by atoms with Gasteiger partial charge in [-0.15, -0.1) is 0 Å². The summed E-state index contributed by atoms with van der Waals surface area (Å²) >= 11 is 0. The molecule has 0 N–H and O–H groups in total. The maximum absolute atomic E-state index is 5.30. The van der Waals surface area contributed by atoms with Crippen LogP contribution < -0.4 is 4.90 Å². The Morgan fingerprint density at radius 3 is 1.64 bits per heavy atom. The molecule has 0 radical (unpaired) electrons. The SMILES string of the molecule is c1ccc(-c2cc3cccc4c3c(n2)-c2ccccc2N4c2cccc(-c3cccc(-c4ccc5c6ccccc6c6ccccc6c5c4)c3)c2)cc1. The summed E-state index contributed by atoms with van der Waals surface area (Å²) in [7, 11) is 0. The Labute approximate surface area is 307 Å². The maximum atomic E-state index is 5.30. The summed E-state index contributed by atoms with van der Waals surface area (Å²) in [6.45, 7) is 0. The third-order valence-electron chi connectivity index (χ3n) is 10.9. The van der Waals surface area contributed by atoms with E-state index in [4.69, 9.17) is 4.98 Å². The van der Waals surface area contributed by atoms with Crippen LogP contribution in [0.5, 0.6) is 0 Å². The molecule has 2 heteroatoms. The first-order chi connectivity index (χ1) is 26.3. The molecule has 10 aromatic rings. The van der Waals surface area contributed by atoms with Gasteiger partial charge in [0.25, 0.3) is 0 Å².